The lowest BCUT2D eigenvalue weighted by Crippen LogP contribution is -2.36. The molecule has 0 saturated heterocycles. The summed E-state index contributed by atoms with van der Waals surface area (Å²) >= 11 is 0. The second-order valence-corrected chi connectivity index (χ2v) is 3.50. The second kappa shape index (κ2) is 11.3. The lowest BCUT2D eigenvalue weighted by Gasteiger charge is -2.07. The van der Waals surface area contributed by atoms with Crippen LogP contribution < -0.4 is 10.6 Å². The van der Waals surface area contributed by atoms with Gasteiger partial charge in [0.05, 0.1) is 0 Å². The highest BCUT2D eigenvalue weighted by atomic mass is 16.5. The van der Waals surface area contributed by atoms with Gasteiger partial charge in [0.25, 0.3) is 0 Å². The molecule has 0 atom stereocenters. The highest BCUT2D eigenvalue weighted by molar-refractivity contribution is 5.73. The first-order valence-electron chi connectivity index (χ1n) is 5.90. The summed E-state index contributed by atoms with van der Waals surface area (Å²) in [4.78, 5) is 11.1. The minimum Gasteiger partial charge on any atom is -0.381 e. The Bertz CT molecular complexity index is 152. The summed E-state index contributed by atoms with van der Waals surface area (Å²) in [5.41, 5.74) is 0. The van der Waals surface area contributed by atoms with E-state index in [2.05, 4.69) is 24.5 Å². The first-order valence-corrected chi connectivity index (χ1v) is 5.90. The van der Waals surface area contributed by atoms with Gasteiger partial charge in [0.15, 0.2) is 0 Å². The van der Waals surface area contributed by atoms with E-state index in [-0.39, 0.29) is 6.03 Å². The molecule has 2 N–H and O–H groups in total. The predicted octanol–water partition coefficient (Wildman–Crippen LogP) is 1.90. The fraction of sp³-hybridized carbons (Fsp3) is 0.909. The molecule has 0 fully saturated rings. The molecular formula is C11H24N2O2. The molecule has 0 saturated carbocycles. The number of ether oxygens (including phenoxy) is 1. The van der Waals surface area contributed by atoms with Crippen LogP contribution in [0.3, 0.4) is 0 Å². The average molecular weight is 216 g/mol. The molecule has 2 amide bonds. The molecule has 0 unspecified atom stereocenters. The Hall–Kier alpha value is -0.770. The molecule has 0 aliphatic rings. The van der Waals surface area contributed by atoms with Crippen LogP contribution in [0.1, 0.15) is 39.5 Å². The van der Waals surface area contributed by atoms with Gasteiger partial charge >= 0.3 is 6.03 Å². The molecule has 0 heterocycles. The van der Waals surface area contributed by atoms with Crippen LogP contribution in [0, 0.1) is 0 Å². The van der Waals surface area contributed by atoms with E-state index in [9.17, 15) is 4.79 Å². The minimum absolute atomic E-state index is 0.0704. The van der Waals surface area contributed by atoms with Crippen LogP contribution in [0.25, 0.3) is 0 Å². The van der Waals surface area contributed by atoms with Crippen molar-refractivity contribution < 1.29 is 9.53 Å². The smallest absolute Gasteiger partial charge is 0.314 e. The van der Waals surface area contributed by atoms with E-state index in [1.54, 1.807) is 0 Å². The molecule has 0 aliphatic heterocycles. The van der Waals surface area contributed by atoms with Crippen molar-refractivity contribution in [1.29, 1.82) is 0 Å². The molecule has 0 aromatic rings. The van der Waals surface area contributed by atoms with E-state index in [1.165, 1.54) is 0 Å². The van der Waals surface area contributed by atoms with Crippen molar-refractivity contribution in [2.24, 2.45) is 0 Å². The average Bonchev–Trinajstić information content (AvgIpc) is 2.23. The van der Waals surface area contributed by atoms with E-state index in [4.69, 9.17) is 4.74 Å². The summed E-state index contributed by atoms with van der Waals surface area (Å²) in [6.45, 7) is 7.16. The number of urea groups is 1. The molecule has 0 aromatic heterocycles. The molecule has 90 valence electrons. The van der Waals surface area contributed by atoms with E-state index in [0.29, 0.717) is 6.54 Å². The van der Waals surface area contributed by atoms with Crippen LogP contribution in [0.5, 0.6) is 0 Å². The van der Waals surface area contributed by atoms with Crippen molar-refractivity contribution in [3.05, 3.63) is 0 Å². The molecule has 0 bridgehead atoms. The molecule has 0 spiro atoms. The fourth-order valence-corrected chi connectivity index (χ4v) is 1.06. The Morgan fingerprint density at radius 1 is 1.00 bits per heavy atom. The van der Waals surface area contributed by atoms with Crippen molar-refractivity contribution in [2.45, 2.75) is 39.5 Å². The van der Waals surface area contributed by atoms with Gasteiger partial charge in [-0.05, 0) is 19.3 Å². The molecule has 4 nitrogen and oxygen atoms in total. The number of hydrogen-bond donors (Lipinski definition) is 2. The van der Waals surface area contributed by atoms with Gasteiger partial charge in [-0.15, -0.1) is 0 Å². The summed E-state index contributed by atoms with van der Waals surface area (Å²) in [5, 5.41) is 5.58. The Labute approximate surface area is 92.8 Å². The quantitative estimate of drug-likeness (QED) is 0.578. The monoisotopic (exact) mass is 216 g/mol. The lowest BCUT2D eigenvalue weighted by atomic mass is 10.3. The third kappa shape index (κ3) is 11.2. The summed E-state index contributed by atoms with van der Waals surface area (Å²) in [6, 6.07) is -0.0704. The third-order valence-corrected chi connectivity index (χ3v) is 1.92. The molecule has 4 heteroatoms. The van der Waals surface area contributed by atoms with Crippen molar-refractivity contribution in [3.8, 4) is 0 Å². The number of amides is 2. The van der Waals surface area contributed by atoms with Crippen LogP contribution in [-0.4, -0.2) is 32.3 Å². The van der Waals surface area contributed by atoms with Crippen molar-refractivity contribution in [3.63, 3.8) is 0 Å². The second-order valence-electron chi connectivity index (χ2n) is 3.50. The van der Waals surface area contributed by atoms with Crippen molar-refractivity contribution >= 4 is 6.03 Å². The maximum absolute atomic E-state index is 11.1. The molecule has 0 aliphatic carbocycles. The van der Waals surface area contributed by atoms with E-state index in [1.807, 2.05) is 0 Å². The van der Waals surface area contributed by atoms with Crippen LogP contribution in [0.15, 0.2) is 0 Å². The number of rotatable bonds is 9. The topological polar surface area (TPSA) is 50.4 Å². The molecule has 0 radical (unpaired) electrons. The van der Waals surface area contributed by atoms with Gasteiger partial charge in [-0.25, -0.2) is 4.79 Å². The van der Waals surface area contributed by atoms with Crippen LogP contribution in [0.2, 0.25) is 0 Å². The molecular weight excluding hydrogens is 192 g/mol. The van der Waals surface area contributed by atoms with Crippen LogP contribution in [0.4, 0.5) is 4.79 Å². The van der Waals surface area contributed by atoms with Gasteiger partial charge in [0.1, 0.15) is 0 Å². The minimum atomic E-state index is -0.0704. The number of carbonyl (C=O) groups is 1. The zero-order valence-corrected chi connectivity index (χ0v) is 9.97. The van der Waals surface area contributed by atoms with Gasteiger partial charge in [-0.1, -0.05) is 20.3 Å². The van der Waals surface area contributed by atoms with Gasteiger partial charge < -0.3 is 15.4 Å². The van der Waals surface area contributed by atoms with E-state index < -0.39 is 0 Å². The van der Waals surface area contributed by atoms with Crippen LogP contribution in [-0.2, 0) is 4.74 Å². The largest absolute Gasteiger partial charge is 0.381 e. The Morgan fingerprint density at radius 2 is 1.67 bits per heavy atom. The normalized spacial score (nSPS) is 10.0. The first kappa shape index (κ1) is 14.2. The highest BCUT2D eigenvalue weighted by Crippen LogP contribution is 1.84. The van der Waals surface area contributed by atoms with Gasteiger partial charge in [-0.3, -0.25) is 0 Å². The molecule has 15 heavy (non-hydrogen) atoms. The number of unbranched alkanes of at least 4 members (excludes halogenated alkanes) is 1. The zero-order valence-electron chi connectivity index (χ0n) is 9.97. The van der Waals surface area contributed by atoms with Crippen LogP contribution >= 0.6 is 0 Å². The Balaban J connectivity index is 3.10. The number of hydrogen-bond acceptors (Lipinski definition) is 2. The lowest BCUT2D eigenvalue weighted by molar-refractivity contribution is 0.132. The Morgan fingerprint density at radius 3 is 2.27 bits per heavy atom. The summed E-state index contributed by atoms with van der Waals surface area (Å²) in [7, 11) is 0. The van der Waals surface area contributed by atoms with Crippen molar-refractivity contribution in [1.82, 2.24) is 10.6 Å². The Kier molecular flexibility index (Phi) is 10.7. The number of nitrogens with one attached hydrogen (secondary N) is 2. The third-order valence-electron chi connectivity index (χ3n) is 1.92. The van der Waals surface area contributed by atoms with Gasteiger partial charge in [0.2, 0.25) is 0 Å². The van der Waals surface area contributed by atoms with E-state index >= 15 is 0 Å². The fourth-order valence-electron chi connectivity index (χ4n) is 1.06. The predicted molar refractivity (Wildman–Crippen MR) is 62.0 cm³/mol. The maximum Gasteiger partial charge on any atom is 0.314 e. The first-order chi connectivity index (χ1) is 7.31. The standard InChI is InChI=1S/C11H24N2O2/c1-3-5-7-12-11(14)13-8-6-10-15-9-4-2/h3-10H2,1-2H3,(H2,12,13,14). The number of carbonyl (C=O) groups excluding carboxylic acids is 1. The summed E-state index contributed by atoms with van der Waals surface area (Å²) in [5.74, 6) is 0. The SMILES string of the molecule is CCCCNC(=O)NCCCOCCC. The van der Waals surface area contributed by atoms with Gasteiger partial charge in [-0.2, -0.15) is 0 Å². The maximum atomic E-state index is 11.1. The molecule has 0 aromatic carbocycles. The summed E-state index contributed by atoms with van der Waals surface area (Å²) < 4.78 is 5.29. The highest BCUT2D eigenvalue weighted by Gasteiger charge is 1.97. The van der Waals surface area contributed by atoms with Gasteiger partial charge in [0, 0.05) is 26.3 Å². The van der Waals surface area contributed by atoms with E-state index in [0.717, 1.165) is 45.4 Å². The summed E-state index contributed by atoms with van der Waals surface area (Å²) in [6.07, 6.45) is 4.06. The molecule has 0 rings (SSSR count). The van der Waals surface area contributed by atoms with Crippen molar-refractivity contribution in [2.75, 3.05) is 26.3 Å². The zero-order chi connectivity index (χ0) is 11.4.